The molecule has 1 N–H and O–H groups in total. The lowest BCUT2D eigenvalue weighted by molar-refractivity contribution is 0.0582. The summed E-state index contributed by atoms with van der Waals surface area (Å²) in [7, 11) is 0. The van der Waals surface area contributed by atoms with E-state index in [1.165, 1.54) is 4.90 Å². The number of benzene rings is 2. The van der Waals surface area contributed by atoms with Crippen molar-refractivity contribution in [1.29, 1.82) is 0 Å². The Morgan fingerprint density at radius 1 is 1.17 bits per heavy atom. The zero-order valence-corrected chi connectivity index (χ0v) is 17.8. The van der Waals surface area contributed by atoms with Crippen LogP contribution in [-0.2, 0) is 6.54 Å². The molecule has 2 aliphatic heterocycles. The maximum Gasteiger partial charge on any atom is 0.257 e. The maximum atomic E-state index is 13.0. The van der Waals surface area contributed by atoms with Crippen LogP contribution in [0.5, 0.6) is 0 Å². The van der Waals surface area contributed by atoms with Crippen LogP contribution in [0.2, 0.25) is 0 Å². The van der Waals surface area contributed by atoms with E-state index in [0.29, 0.717) is 17.7 Å². The predicted octanol–water partition coefficient (Wildman–Crippen LogP) is 4.13. The van der Waals surface area contributed by atoms with Crippen molar-refractivity contribution in [2.75, 3.05) is 24.2 Å². The van der Waals surface area contributed by atoms with Crippen LogP contribution in [0.3, 0.4) is 0 Å². The van der Waals surface area contributed by atoms with Gasteiger partial charge < -0.3 is 15.1 Å². The Labute approximate surface area is 176 Å². The van der Waals surface area contributed by atoms with Crippen molar-refractivity contribution in [2.24, 2.45) is 0 Å². The number of carbonyl (C=O) groups is 2. The highest BCUT2D eigenvalue weighted by molar-refractivity contribution is 7.98. The third-order valence-corrected chi connectivity index (χ3v) is 6.59. The van der Waals surface area contributed by atoms with Gasteiger partial charge in [-0.05, 0) is 68.3 Å². The number of thioether (sulfide) groups is 1. The summed E-state index contributed by atoms with van der Waals surface area (Å²) in [6, 6.07) is 13.7. The van der Waals surface area contributed by atoms with Crippen molar-refractivity contribution in [3.63, 3.8) is 0 Å². The Morgan fingerprint density at radius 2 is 1.97 bits per heavy atom. The number of hydrogen-bond acceptors (Lipinski definition) is 4. The van der Waals surface area contributed by atoms with Gasteiger partial charge in [-0.25, -0.2) is 0 Å². The molecule has 6 heteroatoms. The molecule has 5 nitrogen and oxygen atoms in total. The number of piperidine rings is 1. The molecule has 2 aromatic rings. The maximum absolute atomic E-state index is 13.0. The first-order valence-electron chi connectivity index (χ1n) is 10.2. The lowest BCUT2D eigenvalue weighted by Gasteiger charge is -2.47. The van der Waals surface area contributed by atoms with Crippen LogP contribution >= 0.6 is 11.8 Å². The van der Waals surface area contributed by atoms with Gasteiger partial charge >= 0.3 is 0 Å². The van der Waals surface area contributed by atoms with Gasteiger partial charge in [-0.1, -0.05) is 12.1 Å². The van der Waals surface area contributed by atoms with E-state index in [2.05, 4.69) is 29.3 Å². The molecule has 152 valence electrons. The summed E-state index contributed by atoms with van der Waals surface area (Å²) in [5.74, 6) is -0.0217. The van der Waals surface area contributed by atoms with Crippen molar-refractivity contribution in [1.82, 2.24) is 10.2 Å². The van der Waals surface area contributed by atoms with E-state index in [1.807, 2.05) is 35.4 Å². The van der Waals surface area contributed by atoms with E-state index in [9.17, 15) is 9.59 Å². The number of fused-ring (bicyclic) bond motifs is 2. The first-order chi connectivity index (χ1) is 14.1. The Hall–Kier alpha value is -2.47. The first kappa shape index (κ1) is 19.8. The molecule has 0 aromatic heterocycles. The summed E-state index contributed by atoms with van der Waals surface area (Å²) >= 11 is 1.70. The molecule has 0 aliphatic carbocycles. The fourth-order valence-electron chi connectivity index (χ4n) is 4.29. The first-order valence-corrected chi connectivity index (χ1v) is 11.5. The average molecular weight is 410 g/mol. The minimum atomic E-state index is -0.115. The minimum absolute atomic E-state index is 0.0928. The molecule has 1 saturated heterocycles. The van der Waals surface area contributed by atoms with Gasteiger partial charge in [0.15, 0.2) is 0 Å². The molecule has 0 bridgehead atoms. The highest BCUT2D eigenvalue weighted by atomic mass is 32.2. The third kappa shape index (κ3) is 3.86. The quantitative estimate of drug-likeness (QED) is 0.755. The smallest absolute Gasteiger partial charge is 0.257 e. The summed E-state index contributed by atoms with van der Waals surface area (Å²) in [5, 5.41) is 3.00. The van der Waals surface area contributed by atoms with Crippen molar-refractivity contribution in [2.45, 2.75) is 43.8 Å². The Kier molecular flexibility index (Phi) is 5.81. The molecule has 0 saturated carbocycles. The molecule has 0 unspecified atom stereocenters. The minimum Gasteiger partial charge on any atom is -0.351 e. The van der Waals surface area contributed by atoms with Crippen molar-refractivity contribution >= 4 is 29.3 Å². The van der Waals surface area contributed by atoms with Crippen LogP contribution in [0.1, 0.15) is 52.5 Å². The number of rotatable bonds is 5. The fraction of sp³-hybridized carbons (Fsp3) is 0.391. The molecule has 29 heavy (non-hydrogen) atoms. The summed E-state index contributed by atoms with van der Waals surface area (Å²) in [5.41, 5.74) is 3.25. The number of carbonyl (C=O) groups excluding carboxylic acids is 2. The van der Waals surface area contributed by atoms with Gasteiger partial charge in [-0.15, -0.1) is 11.8 Å². The number of hydrogen-bond donors (Lipinski definition) is 1. The highest BCUT2D eigenvalue weighted by Crippen LogP contribution is 2.35. The molecule has 0 radical (unpaired) electrons. The average Bonchev–Trinajstić information content (AvgIpc) is 2.78. The third-order valence-electron chi connectivity index (χ3n) is 5.84. The van der Waals surface area contributed by atoms with Crippen LogP contribution in [0.15, 0.2) is 47.4 Å². The van der Waals surface area contributed by atoms with Crippen LogP contribution in [-0.4, -0.2) is 42.2 Å². The second kappa shape index (κ2) is 8.49. The van der Waals surface area contributed by atoms with Gasteiger partial charge in [0.1, 0.15) is 6.17 Å². The highest BCUT2D eigenvalue weighted by Gasteiger charge is 2.38. The molecule has 1 atom stereocenters. The van der Waals surface area contributed by atoms with E-state index >= 15 is 0 Å². The Bertz CT molecular complexity index is 913. The van der Waals surface area contributed by atoms with Gasteiger partial charge in [0.25, 0.3) is 11.8 Å². The van der Waals surface area contributed by atoms with Gasteiger partial charge in [0.05, 0.1) is 11.3 Å². The monoisotopic (exact) mass is 409 g/mol. The molecule has 2 amide bonds. The molecular formula is C23H27N3O2S. The van der Waals surface area contributed by atoms with Crippen LogP contribution in [0, 0.1) is 0 Å². The molecular weight excluding hydrogens is 382 g/mol. The Morgan fingerprint density at radius 3 is 2.69 bits per heavy atom. The molecule has 2 aromatic carbocycles. The molecule has 2 aliphatic rings. The molecule has 0 spiro atoms. The van der Waals surface area contributed by atoms with Gasteiger partial charge in [0.2, 0.25) is 0 Å². The van der Waals surface area contributed by atoms with Crippen molar-refractivity contribution in [3.8, 4) is 0 Å². The zero-order chi connectivity index (χ0) is 20.4. The second-order valence-electron chi connectivity index (χ2n) is 7.52. The number of nitrogens with one attached hydrogen (secondary N) is 1. The van der Waals surface area contributed by atoms with E-state index in [1.54, 1.807) is 17.8 Å². The normalized spacial score (nSPS) is 18.3. The van der Waals surface area contributed by atoms with Crippen molar-refractivity contribution < 1.29 is 9.59 Å². The molecule has 1 fully saturated rings. The van der Waals surface area contributed by atoms with Gasteiger partial charge in [-0.3, -0.25) is 9.59 Å². The fourth-order valence-corrected chi connectivity index (χ4v) is 4.70. The molecule has 2 heterocycles. The van der Waals surface area contributed by atoms with Gasteiger partial charge in [-0.2, -0.15) is 0 Å². The van der Waals surface area contributed by atoms with Gasteiger partial charge in [0, 0.05) is 30.1 Å². The summed E-state index contributed by atoms with van der Waals surface area (Å²) in [6.07, 6.45) is 5.34. The molecule has 4 rings (SSSR count). The van der Waals surface area contributed by atoms with Crippen LogP contribution < -0.4 is 10.2 Å². The van der Waals surface area contributed by atoms with E-state index in [-0.39, 0.29) is 18.0 Å². The zero-order valence-electron chi connectivity index (χ0n) is 17.0. The van der Waals surface area contributed by atoms with E-state index in [4.69, 9.17) is 0 Å². The van der Waals surface area contributed by atoms with E-state index < -0.39 is 0 Å². The predicted molar refractivity (Wildman–Crippen MR) is 118 cm³/mol. The lowest BCUT2D eigenvalue weighted by Crippen LogP contribution is -2.57. The number of amides is 2. The number of anilines is 1. The lowest BCUT2D eigenvalue weighted by atomic mass is 9.97. The largest absolute Gasteiger partial charge is 0.351 e. The van der Waals surface area contributed by atoms with Crippen LogP contribution in [0.25, 0.3) is 0 Å². The number of nitrogens with zero attached hydrogens (tertiary/aromatic N) is 2. The Balaban J connectivity index is 1.53. The summed E-state index contributed by atoms with van der Waals surface area (Å²) < 4.78 is 0. The standard InChI is InChI=1S/C23H27N3O2S/c1-3-25-20-14-17(22(27)24-15-16-7-10-18(29-2)11-8-16)9-12-19(20)23(28)26-13-5-4-6-21(25)26/h7-12,14,21H,3-6,13,15H2,1-2H3,(H,24,27)/t21-/m0/s1. The van der Waals surface area contributed by atoms with E-state index in [0.717, 1.165) is 43.6 Å². The van der Waals surface area contributed by atoms with Crippen LogP contribution in [0.4, 0.5) is 5.69 Å². The second-order valence-corrected chi connectivity index (χ2v) is 8.40. The summed E-state index contributed by atoms with van der Waals surface area (Å²) in [4.78, 5) is 31.2. The summed E-state index contributed by atoms with van der Waals surface area (Å²) in [6.45, 7) is 4.22. The SMILES string of the molecule is CCN1c2cc(C(=O)NCc3ccc(SC)cc3)ccc2C(=O)N2CCCC[C@H]21. The topological polar surface area (TPSA) is 52.7 Å². The van der Waals surface area contributed by atoms with Crippen molar-refractivity contribution in [3.05, 3.63) is 59.2 Å².